The summed E-state index contributed by atoms with van der Waals surface area (Å²) < 4.78 is 6.06. The van der Waals surface area contributed by atoms with Gasteiger partial charge in [-0.25, -0.2) is 0 Å². The van der Waals surface area contributed by atoms with E-state index in [0.29, 0.717) is 13.0 Å². The number of ether oxygens (including phenoxy) is 1. The van der Waals surface area contributed by atoms with Gasteiger partial charge in [0.25, 0.3) is 0 Å². The molecular weight excluding hydrogens is 384 g/mol. The van der Waals surface area contributed by atoms with Crippen LogP contribution in [0.5, 0.6) is 5.75 Å². The molecule has 6 heteroatoms. The van der Waals surface area contributed by atoms with Crippen LogP contribution in [0.4, 0.5) is 0 Å². The number of carboxylic acid groups (broad SMARTS) is 1. The van der Waals surface area contributed by atoms with Crippen LogP contribution >= 0.6 is 15.9 Å². The number of H-pyrrole nitrogens is 1. The van der Waals surface area contributed by atoms with Crippen molar-refractivity contribution >= 4 is 32.8 Å². The fraction of sp³-hybridized carbons (Fsp3) is 0.211. The van der Waals surface area contributed by atoms with E-state index in [1.807, 2.05) is 48.7 Å². The molecule has 3 aromatic rings. The Bertz CT molecular complexity index is 891. The summed E-state index contributed by atoms with van der Waals surface area (Å²) in [6, 6.07) is 12.9. The average molecular weight is 403 g/mol. The van der Waals surface area contributed by atoms with Gasteiger partial charge in [-0.2, -0.15) is 0 Å². The SMILES string of the molecule is COc1ccc(CNC(Cc2c[nH]c3ccccc23)C(=O)O)cc1Br. The van der Waals surface area contributed by atoms with Crippen molar-refractivity contribution in [2.75, 3.05) is 7.11 Å². The molecule has 0 saturated carbocycles. The summed E-state index contributed by atoms with van der Waals surface area (Å²) in [5, 5.41) is 13.7. The number of benzene rings is 2. The zero-order valence-electron chi connectivity index (χ0n) is 13.8. The van der Waals surface area contributed by atoms with E-state index in [2.05, 4.69) is 26.2 Å². The third-order valence-electron chi connectivity index (χ3n) is 4.17. The van der Waals surface area contributed by atoms with Crippen molar-refractivity contribution in [1.82, 2.24) is 10.3 Å². The number of aromatic nitrogens is 1. The lowest BCUT2D eigenvalue weighted by Gasteiger charge is -2.15. The highest BCUT2D eigenvalue weighted by molar-refractivity contribution is 9.10. The highest BCUT2D eigenvalue weighted by Gasteiger charge is 2.19. The largest absolute Gasteiger partial charge is 0.496 e. The molecule has 0 bridgehead atoms. The molecule has 5 nitrogen and oxygen atoms in total. The van der Waals surface area contributed by atoms with Crippen molar-refractivity contribution in [3.05, 3.63) is 64.3 Å². The number of nitrogens with one attached hydrogen (secondary N) is 2. The third-order valence-corrected chi connectivity index (χ3v) is 4.79. The summed E-state index contributed by atoms with van der Waals surface area (Å²) in [6.07, 6.45) is 2.29. The Morgan fingerprint density at radius 2 is 2.12 bits per heavy atom. The number of rotatable bonds is 7. The number of aromatic amines is 1. The molecule has 0 saturated heterocycles. The van der Waals surface area contributed by atoms with Crippen LogP contribution in [0.3, 0.4) is 0 Å². The number of para-hydroxylation sites is 1. The van der Waals surface area contributed by atoms with Crippen LogP contribution in [-0.2, 0) is 17.8 Å². The molecule has 0 aliphatic rings. The second kappa shape index (κ2) is 7.72. The van der Waals surface area contributed by atoms with E-state index in [1.165, 1.54) is 0 Å². The van der Waals surface area contributed by atoms with Crippen LogP contribution in [0.25, 0.3) is 10.9 Å². The van der Waals surface area contributed by atoms with Gasteiger partial charge in [0.1, 0.15) is 11.8 Å². The van der Waals surface area contributed by atoms with E-state index in [1.54, 1.807) is 7.11 Å². The van der Waals surface area contributed by atoms with Crippen molar-refractivity contribution in [2.45, 2.75) is 19.0 Å². The van der Waals surface area contributed by atoms with Crippen LogP contribution < -0.4 is 10.1 Å². The first kappa shape index (κ1) is 17.5. The Hall–Kier alpha value is -2.31. The third kappa shape index (κ3) is 4.03. The Kier molecular flexibility index (Phi) is 5.40. The van der Waals surface area contributed by atoms with Gasteiger partial charge in [-0.3, -0.25) is 4.79 Å². The number of carbonyl (C=O) groups is 1. The molecule has 0 spiro atoms. The number of methoxy groups -OCH3 is 1. The summed E-state index contributed by atoms with van der Waals surface area (Å²) in [6.45, 7) is 0.460. The van der Waals surface area contributed by atoms with Crippen molar-refractivity contribution in [3.63, 3.8) is 0 Å². The van der Waals surface area contributed by atoms with Gasteiger partial charge in [0, 0.05) is 30.1 Å². The molecule has 1 unspecified atom stereocenters. The first-order valence-electron chi connectivity index (χ1n) is 7.92. The maximum Gasteiger partial charge on any atom is 0.321 e. The van der Waals surface area contributed by atoms with Gasteiger partial charge >= 0.3 is 5.97 Å². The average Bonchev–Trinajstić information content (AvgIpc) is 3.01. The number of fused-ring (bicyclic) bond motifs is 1. The molecule has 0 aliphatic heterocycles. The van der Waals surface area contributed by atoms with Crippen LogP contribution in [0.1, 0.15) is 11.1 Å². The monoisotopic (exact) mass is 402 g/mol. The number of halogens is 1. The molecule has 0 aliphatic carbocycles. The van der Waals surface area contributed by atoms with Crippen LogP contribution in [0.2, 0.25) is 0 Å². The van der Waals surface area contributed by atoms with Crippen molar-refractivity contribution in [2.24, 2.45) is 0 Å². The zero-order valence-corrected chi connectivity index (χ0v) is 15.3. The maximum atomic E-state index is 11.6. The second-order valence-corrected chi connectivity index (χ2v) is 6.66. The van der Waals surface area contributed by atoms with Gasteiger partial charge in [0.15, 0.2) is 0 Å². The van der Waals surface area contributed by atoms with E-state index in [4.69, 9.17) is 4.74 Å². The lowest BCUT2D eigenvalue weighted by molar-refractivity contribution is -0.139. The first-order chi connectivity index (χ1) is 12.1. The summed E-state index contributed by atoms with van der Waals surface area (Å²) in [4.78, 5) is 14.8. The highest BCUT2D eigenvalue weighted by atomic mass is 79.9. The molecule has 0 fully saturated rings. The van der Waals surface area contributed by atoms with Gasteiger partial charge in [-0.05, 0) is 45.3 Å². The molecule has 3 rings (SSSR count). The number of aliphatic carboxylic acids is 1. The quantitative estimate of drug-likeness (QED) is 0.562. The summed E-state index contributed by atoms with van der Waals surface area (Å²) in [5.74, 6) is -0.116. The minimum absolute atomic E-state index is 0.413. The molecule has 130 valence electrons. The molecule has 1 aromatic heterocycles. The van der Waals surface area contributed by atoms with Crippen LogP contribution in [-0.4, -0.2) is 29.2 Å². The van der Waals surface area contributed by atoms with E-state index >= 15 is 0 Å². The zero-order chi connectivity index (χ0) is 17.8. The summed E-state index contributed by atoms with van der Waals surface area (Å²) in [5.41, 5.74) is 2.99. The smallest absolute Gasteiger partial charge is 0.321 e. The second-order valence-electron chi connectivity index (χ2n) is 5.80. The van der Waals surface area contributed by atoms with Gasteiger partial charge in [0.2, 0.25) is 0 Å². The Balaban J connectivity index is 1.71. The number of hydrogen-bond donors (Lipinski definition) is 3. The molecule has 0 radical (unpaired) electrons. The standard InChI is InChI=1S/C19H19BrN2O3/c1-25-18-7-6-12(8-15(18)20)10-21-17(19(23)24)9-13-11-22-16-5-3-2-4-14(13)16/h2-8,11,17,21-22H,9-10H2,1H3,(H,23,24). The molecule has 2 aromatic carbocycles. The predicted octanol–water partition coefficient (Wildman–Crippen LogP) is 3.72. The van der Waals surface area contributed by atoms with Gasteiger partial charge in [0.05, 0.1) is 11.6 Å². The maximum absolute atomic E-state index is 11.6. The Labute approximate surface area is 154 Å². The Morgan fingerprint density at radius 3 is 2.84 bits per heavy atom. The minimum atomic E-state index is -0.863. The van der Waals surface area contributed by atoms with Crippen LogP contribution in [0, 0.1) is 0 Å². The van der Waals surface area contributed by atoms with Gasteiger partial charge in [-0.1, -0.05) is 24.3 Å². The van der Waals surface area contributed by atoms with Crippen molar-refractivity contribution in [3.8, 4) is 5.75 Å². The number of hydrogen-bond acceptors (Lipinski definition) is 3. The fourth-order valence-corrected chi connectivity index (χ4v) is 3.42. The topological polar surface area (TPSA) is 74.3 Å². The molecule has 0 amide bonds. The molecule has 1 atom stereocenters. The molecule has 25 heavy (non-hydrogen) atoms. The molecular formula is C19H19BrN2O3. The lowest BCUT2D eigenvalue weighted by Crippen LogP contribution is -2.38. The summed E-state index contributed by atoms with van der Waals surface area (Å²) in [7, 11) is 1.61. The minimum Gasteiger partial charge on any atom is -0.496 e. The van der Waals surface area contributed by atoms with Crippen molar-refractivity contribution < 1.29 is 14.6 Å². The first-order valence-corrected chi connectivity index (χ1v) is 8.71. The van der Waals surface area contributed by atoms with Crippen LogP contribution in [0.15, 0.2) is 53.1 Å². The van der Waals surface area contributed by atoms with E-state index in [0.717, 1.165) is 32.3 Å². The lowest BCUT2D eigenvalue weighted by atomic mass is 10.0. The number of carboxylic acids is 1. The van der Waals surface area contributed by atoms with Gasteiger partial charge in [-0.15, -0.1) is 0 Å². The van der Waals surface area contributed by atoms with E-state index in [9.17, 15) is 9.90 Å². The highest BCUT2D eigenvalue weighted by Crippen LogP contribution is 2.25. The van der Waals surface area contributed by atoms with E-state index in [-0.39, 0.29) is 0 Å². The Morgan fingerprint density at radius 1 is 1.32 bits per heavy atom. The predicted molar refractivity (Wildman–Crippen MR) is 101 cm³/mol. The summed E-state index contributed by atoms with van der Waals surface area (Å²) >= 11 is 3.45. The van der Waals surface area contributed by atoms with Crippen molar-refractivity contribution in [1.29, 1.82) is 0 Å². The normalized spacial score (nSPS) is 12.2. The fourth-order valence-electron chi connectivity index (χ4n) is 2.83. The molecule has 3 N–H and O–H groups in total. The van der Waals surface area contributed by atoms with E-state index < -0.39 is 12.0 Å². The van der Waals surface area contributed by atoms with Gasteiger partial charge < -0.3 is 20.1 Å². The molecule has 1 heterocycles.